The van der Waals surface area contributed by atoms with Crippen molar-refractivity contribution in [3.8, 4) is 5.75 Å². The summed E-state index contributed by atoms with van der Waals surface area (Å²) in [6.45, 7) is 16.9. The first-order chi connectivity index (χ1) is 18.5. The molecule has 0 bridgehead atoms. The number of fused-ring (bicyclic) bond motifs is 2. The molecule has 0 amide bonds. The van der Waals surface area contributed by atoms with Gasteiger partial charge < -0.3 is 9.64 Å². The van der Waals surface area contributed by atoms with Gasteiger partial charge >= 0.3 is 0 Å². The first-order valence-electron chi connectivity index (χ1n) is 13.6. The highest BCUT2D eigenvalue weighted by Crippen LogP contribution is 2.31. The Morgan fingerprint density at radius 1 is 0.590 bits per heavy atom. The lowest BCUT2D eigenvalue weighted by atomic mass is 9.99. The summed E-state index contributed by atoms with van der Waals surface area (Å²) in [6.07, 6.45) is 0. The van der Waals surface area contributed by atoms with Crippen LogP contribution in [0.25, 0.3) is 21.5 Å². The molecular formula is C36H44N2O. The van der Waals surface area contributed by atoms with Crippen LogP contribution >= 0.6 is 0 Å². The Bertz CT molecular complexity index is 1570. The van der Waals surface area contributed by atoms with Crippen molar-refractivity contribution in [2.75, 3.05) is 26.1 Å². The lowest BCUT2D eigenvalue weighted by Gasteiger charge is -2.18. The van der Waals surface area contributed by atoms with Crippen LogP contribution in [-0.4, -0.2) is 26.2 Å². The van der Waals surface area contributed by atoms with Crippen molar-refractivity contribution in [3.63, 3.8) is 0 Å². The zero-order chi connectivity index (χ0) is 28.9. The number of anilines is 1. The van der Waals surface area contributed by atoms with E-state index in [1.807, 2.05) is 6.92 Å². The van der Waals surface area contributed by atoms with Crippen LogP contribution in [0.3, 0.4) is 0 Å². The van der Waals surface area contributed by atoms with Gasteiger partial charge in [-0.15, -0.1) is 0 Å². The molecule has 0 atom stereocenters. The summed E-state index contributed by atoms with van der Waals surface area (Å²) in [4.78, 5) is 6.51. The minimum Gasteiger partial charge on any atom is -0.496 e. The first-order valence-corrected chi connectivity index (χ1v) is 13.6. The molecule has 0 spiro atoms. The van der Waals surface area contributed by atoms with Gasteiger partial charge in [-0.3, -0.25) is 4.98 Å². The summed E-state index contributed by atoms with van der Waals surface area (Å²) in [7, 11) is 5.91. The van der Waals surface area contributed by atoms with Crippen LogP contribution in [0.5, 0.6) is 5.75 Å². The van der Waals surface area contributed by atoms with Gasteiger partial charge in [0, 0.05) is 36.6 Å². The molecule has 1 heterocycles. The van der Waals surface area contributed by atoms with Crippen LogP contribution in [-0.2, 0) is 0 Å². The maximum atomic E-state index is 5.33. The Labute approximate surface area is 235 Å². The van der Waals surface area contributed by atoms with E-state index in [9.17, 15) is 0 Å². The number of hydrogen-bond acceptors (Lipinski definition) is 3. The summed E-state index contributed by atoms with van der Waals surface area (Å²) >= 11 is 0. The van der Waals surface area contributed by atoms with Gasteiger partial charge in [0.1, 0.15) is 5.75 Å². The van der Waals surface area contributed by atoms with E-state index in [0.717, 1.165) is 17.1 Å². The molecule has 0 saturated heterocycles. The molecule has 0 radical (unpaired) electrons. The summed E-state index contributed by atoms with van der Waals surface area (Å²) in [5, 5.41) is 5.25. The lowest BCUT2D eigenvalue weighted by molar-refractivity contribution is 0.412. The molecule has 3 nitrogen and oxygen atoms in total. The molecule has 0 fully saturated rings. The number of benzene rings is 4. The summed E-state index contributed by atoms with van der Waals surface area (Å²) in [5.74, 6) is 0.973. The second-order valence-corrected chi connectivity index (χ2v) is 10.6. The van der Waals surface area contributed by atoms with E-state index < -0.39 is 0 Å². The molecule has 0 aliphatic rings. The van der Waals surface area contributed by atoms with Gasteiger partial charge in [-0.2, -0.15) is 0 Å². The van der Waals surface area contributed by atoms with E-state index in [0.29, 0.717) is 0 Å². The van der Waals surface area contributed by atoms with E-state index in [1.165, 1.54) is 60.6 Å². The molecule has 0 N–H and O–H groups in total. The van der Waals surface area contributed by atoms with Crippen LogP contribution in [0.2, 0.25) is 0 Å². The van der Waals surface area contributed by atoms with Crippen molar-refractivity contribution in [2.45, 2.75) is 55.4 Å². The lowest BCUT2D eigenvalue weighted by Crippen LogP contribution is -2.09. The third-order valence-corrected chi connectivity index (χ3v) is 7.74. The number of nitrogens with zero attached hydrogens (tertiary/aromatic N) is 2. The standard InChI is InChI=1S/C14H17N.C13H14O.C9H13N/c1-10-9-14(15(3)4)13-8-6-5-7-12(13)11(10)2;1-9-10(2)13(14-3)8-11-6-4-5-7-12(9)11;1-6-5-7(2)10-9(4)8(6)3/h5-9H,1-4H3;4-8H,1-3H3;5H,1-4H3. The molecule has 1 aromatic heterocycles. The van der Waals surface area contributed by atoms with Crippen molar-refractivity contribution < 1.29 is 4.74 Å². The summed E-state index contributed by atoms with van der Waals surface area (Å²) in [5.41, 5.74) is 11.5. The van der Waals surface area contributed by atoms with Crippen molar-refractivity contribution >= 4 is 27.2 Å². The monoisotopic (exact) mass is 520 g/mol. The first kappa shape index (κ1) is 29.7. The number of rotatable bonds is 2. The van der Waals surface area contributed by atoms with Crippen LogP contribution in [0.4, 0.5) is 5.69 Å². The number of pyridine rings is 1. The molecule has 3 heteroatoms. The van der Waals surface area contributed by atoms with Gasteiger partial charge in [-0.25, -0.2) is 0 Å². The highest BCUT2D eigenvalue weighted by Gasteiger charge is 2.07. The normalized spacial score (nSPS) is 10.4. The average Bonchev–Trinajstić information content (AvgIpc) is 2.92. The summed E-state index contributed by atoms with van der Waals surface area (Å²) < 4.78 is 5.33. The zero-order valence-corrected chi connectivity index (χ0v) is 25.7. The predicted molar refractivity (Wildman–Crippen MR) is 171 cm³/mol. The van der Waals surface area contributed by atoms with Crippen LogP contribution < -0.4 is 9.64 Å². The third-order valence-electron chi connectivity index (χ3n) is 7.74. The fourth-order valence-corrected chi connectivity index (χ4v) is 4.91. The minimum absolute atomic E-state index is 0.973. The fraction of sp³-hybridized carbons (Fsp3) is 0.306. The molecule has 0 unspecified atom stereocenters. The molecule has 0 saturated carbocycles. The van der Waals surface area contributed by atoms with Gasteiger partial charge in [0.25, 0.3) is 0 Å². The number of aromatic nitrogens is 1. The molecule has 0 aliphatic carbocycles. The topological polar surface area (TPSA) is 25.4 Å². The molecule has 204 valence electrons. The molecule has 4 aromatic carbocycles. The Morgan fingerprint density at radius 3 is 1.74 bits per heavy atom. The van der Waals surface area contributed by atoms with Gasteiger partial charge in [0.2, 0.25) is 0 Å². The highest BCUT2D eigenvalue weighted by molar-refractivity contribution is 5.97. The Hall–Kier alpha value is -3.85. The summed E-state index contributed by atoms with van der Waals surface area (Å²) in [6, 6.07) is 23.5. The molecular weight excluding hydrogens is 476 g/mol. The zero-order valence-electron chi connectivity index (χ0n) is 25.7. The van der Waals surface area contributed by atoms with Crippen molar-refractivity contribution in [1.82, 2.24) is 4.98 Å². The quantitative estimate of drug-likeness (QED) is 0.232. The molecule has 0 aliphatic heterocycles. The van der Waals surface area contributed by atoms with E-state index >= 15 is 0 Å². The average molecular weight is 521 g/mol. The van der Waals surface area contributed by atoms with E-state index in [2.05, 4.69) is 139 Å². The fourth-order valence-electron chi connectivity index (χ4n) is 4.91. The largest absolute Gasteiger partial charge is 0.496 e. The molecule has 5 aromatic rings. The van der Waals surface area contributed by atoms with Gasteiger partial charge in [0.05, 0.1) is 7.11 Å². The predicted octanol–water partition coefficient (Wildman–Crippen LogP) is 9.30. The van der Waals surface area contributed by atoms with Crippen LogP contribution in [0.15, 0.2) is 66.7 Å². The maximum Gasteiger partial charge on any atom is 0.122 e. The number of ether oxygens (including phenoxy) is 1. The minimum atomic E-state index is 0.973. The third kappa shape index (κ3) is 6.78. The smallest absolute Gasteiger partial charge is 0.122 e. The van der Waals surface area contributed by atoms with E-state index in [1.54, 1.807) is 7.11 Å². The van der Waals surface area contributed by atoms with Gasteiger partial charge in [-0.05, 0) is 123 Å². The Morgan fingerprint density at radius 2 is 1.15 bits per heavy atom. The highest BCUT2D eigenvalue weighted by atomic mass is 16.5. The number of aryl methyl sites for hydroxylation is 6. The van der Waals surface area contributed by atoms with Crippen molar-refractivity contribution in [2.24, 2.45) is 0 Å². The maximum absolute atomic E-state index is 5.33. The second-order valence-electron chi connectivity index (χ2n) is 10.6. The van der Waals surface area contributed by atoms with Gasteiger partial charge in [0.15, 0.2) is 0 Å². The van der Waals surface area contributed by atoms with Crippen LogP contribution in [0.1, 0.15) is 44.8 Å². The molecule has 39 heavy (non-hydrogen) atoms. The number of hydrogen-bond donors (Lipinski definition) is 0. The van der Waals surface area contributed by atoms with E-state index in [4.69, 9.17) is 4.74 Å². The second kappa shape index (κ2) is 12.8. The van der Waals surface area contributed by atoms with Crippen LogP contribution in [0, 0.1) is 55.4 Å². The number of methoxy groups -OCH3 is 1. The van der Waals surface area contributed by atoms with Crippen molar-refractivity contribution in [1.29, 1.82) is 0 Å². The van der Waals surface area contributed by atoms with E-state index in [-0.39, 0.29) is 0 Å². The Kier molecular flexibility index (Phi) is 9.75. The molecule has 5 rings (SSSR count). The van der Waals surface area contributed by atoms with Crippen molar-refractivity contribution in [3.05, 3.63) is 111 Å². The Balaban J connectivity index is 0.000000165. The SMILES string of the molecule is COc1cc2ccccc2c(C)c1C.Cc1cc(C)c(C)c(C)n1.Cc1cc(N(C)C)c2ccccc2c1C. The van der Waals surface area contributed by atoms with Gasteiger partial charge in [-0.1, -0.05) is 48.5 Å².